The van der Waals surface area contributed by atoms with E-state index in [0.717, 1.165) is 11.3 Å². The number of aryl methyl sites for hydroxylation is 1. The topological polar surface area (TPSA) is 78.5 Å². The molecule has 0 aliphatic carbocycles. The van der Waals surface area contributed by atoms with E-state index in [-0.39, 0.29) is 13.2 Å². The SMILES string of the molecule is CCC(CO)(CO)Nc1cc(N)ccc1C. The Kier molecular flexibility index (Phi) is 4.15. The van der Waals surface area contributed by atoms with Gasteiger partial charge in [-0.25, -0.2) is 0 Å². The van der Waals surface area contributed by atoms with Crippen molar-refractivity contribution in [3.63, 3.8) is 0 Å². The van der Waals surface area contributed by atoms with E-state index >= 15 is 0 Å². The molecule has 4 nitrogen and oxygen atoms in total. The van der Waals surface area contributed by atoms with Crippen molar-refractivity contribution in [2.75, 3.05) is 24.3 Å². The van der Waals surface area contributed by atoms with E-state index in [4.69, 9.17) is 5.73 Å². The zero-order chi connectivity index (χ0) is 12.2. The highest BCUT2D eigenvalue weighted by molar-refractivity contribution is 5.60. The predicted octanol–water partition coefficient (Wildman–Crippen LogP) is 1.12. The van der Waals surface area contributed by atoms with Gasteiger partial charge in [0.2, 0.25) is 0 Å². The lowest BCUT2D eigenvalue weighted by atomic mass is 9.97. The van der Waals surface area contributed by atoms with Gasteiger partial charge in [-0.1, -0.05) is 13.0 Å². The van der Waals surface area contributed by atoms with Gasteiger partial charge >= 0.3 is 0 Å². The lowest BCUT2D eigenvalue weighted by Crippen LogP contribution is -2.45. The number of nitrogens with two attached hydrogens (primary N) is 1. The third kappa shape index (κ3) is 2.65. The second kappa shape index (κ2) is 5.18. The predicted molar refractivity (Wildman–Crippen MR) is 66.4 cm³/mol. The Hall–Kier alpha value is -1.26. The van der Waals surface area contributed by atoms with Gasteiger partial charge in [0, 0.05) is 11.4 Å². The molecule has 0 amide bonds. The Morgan fingerprint density at radius 3 is 2.44 bits per heavy atom. The van der Waals surface area contributed by atoms with Crippen LogP contribution < -0.4 is 11.1 Å². The number of rotatable bonds is 5. The summed E-state index contributed by atoms with van der Waals surface area (Å²) < 4.78 is 0. The van der Waals surface area contributed by atoms with E-state index in [9.17, 15) is 10.2 Å². The number of hydrogen-bond acceptors (Lipinski definition) is 4. The van der Waals surface area contributed by atoms with Gasteiger partial charge < -0.3 is 21.3 Å². The number of anilines is 2. The molecule has 0 aromatic heterocycles. The molecule has 0 atom stereocenters. The Morgan fingerprint density at radius 2 is 1.94 bits per heavy atom. The molecule has 0 unspecified atom stereocenters. The average Bonchev–Trinajstić information content (AvgIpc) is 2.31. The maximum atomic E-state index is 9.34. The summed E-state index contributed by atoms with van der Waals surface area (Å²) in [7, 11) is 0. The van der Waals surface area contributed by atoms with Crippen LogP contribution in [0.4, 0.5) is 11.4 Å². The molecule has 1 aromatic carbocycles. The van der Waals surface area contributed by atoms with Gasteiger partial charge in [-0.15, -0.1) is 0 Å². The third-order valence-electron chi connectivity index (χ3n) is 2.94. The largest absolute Gasteiger partial charge is 0.399 e. The molecule has 0 saturated carbocycles. The Labute approximate surface area is 96.1 Å². The van der Waals surface area contributed by atoms with Crippen molar-refractivity contribution < 1.29 is 10.2 Å². The first-order chi connectivity index (χ1) is 7.56. The molecule has 90 valence electrons. The van der Waals surface area contributed by atoms with Crippen LogP contribution in [-0.2, 0) is 0 Å². The van der Waals surface area contributed by atoms with E-state index < -0.39 is 5.54 Å². The summed E-state index contributed by atoms with van der Waals surface area (Å²) >= 11 is 0. The summed E-state index contributed by atoms with van der Waals surface area (Å²) in [5, 5.41) is 21.9. The number of benzene rings is 1. The van der Waals surface area contributed by atoms with E-state index in [1.807, 2.05) is 32.0 Å². The zero-order valence-electron chi connectivity index (χ0n) is 9.83. The second-order valence-corrected chi connectivity index (χ2v) is 4.15. The van der Waals surface area contributed by atoms with Crippen LogP contribution in [0.5, 0.6) is 0 Å². The molecular formula is C12H20N2O2. The molecule has 0 aliphatic rings. The minimum absolute atomic E-state index is 0.117. The number of nitrogen functional groups attached to an aromatic ring is 1. The lowest BCUT2D eigenvalue weighted by molar-refractivity contribution is 0.132. The van der Waals surface area contributed by atoms with Crippen molar-refractivity contribution in [2.24, 2.45) is 0 Å². The van der Waals surface area contributed by atoms with Gasteiger partial charge in [-0.05, 0) is 31.0 Å². The van der Waals surface area contributed by atoms with Crippen molar-refractivity contribution in [1.82, 2.24) is 0 Å². The maximum absolute atomic E-state index is 9.34. The maximum Gasteiger partial charge on any atom is 0.0832 e. The number of aliphatic hydroxyl groups is 2. The molecule has 4 heteroatoms. The Bertz CT molecular complexity index is 341. The fraction of sp³-hybridized carbons (Fsp3) is 0.500. The highest BCUT2D eigenvalue weighted by Gasteiger charge is 2.26. The Balaban J connectivity index is 2.97. The first-order valence-electron chi connectivity index (χ1n) is 5.43. The van der Waals surface area contributed by atoms with Crippen LogP contribution in [0.25, 0.3) is 0 Å². The molecule has 0 fully saturated rings. The van der Waals surface area contributed by atoms with Crippen LogP contribution in [0.3, 0.4) is 0 Å². The number of nitrogens with one attached hydrogen (secondary N) is 1. The van der Waals surface area contributed by atoms with Gasteiger partial charge in [-0.3, -0.25) is 0 Å². The van der Waals surface area contributed by atoms with Crippen molar-refractivity contribution in [2.45, 2.75) is 25.8 Å². The molecule has 0 spiro atoms. The second-order valence-electron chi connectivity index (χ2n) is 4.15. The van der Waals surface area contributed by atoms with Crippen LogP contribution in [0.2, 0.25) is 0 Å². The third-order valence-corrected chi connectivity index (χ3v) is 2.94. The molecule has 16 heavy (non-hydrogen) atoms. The first kappa shape index (κ1) is 12.8. The molecule has 5 N–H and O–H groups in total. The number of hydrogen-bond donors (Lipinski definition) is 4. The van der Waals surface area contributed by atoms with Gasteiger partial charge in [-0.2, -0.15) is 0 Å². The van der Waals surface area contributed by atoms with E-state index in [2.05, 4.69) is 5.32 Å². The van der Waals surface area contributed by atoms with Crippen LogP contribution >= 0.6 is 0 Å². The van der Waals surface area contributed by atoms with Crippen molar-refractivity contribution >= 4 is 11.4 Å². The molecule has 0 bridgehead atoms. The van der Waals surface area contributed by atoms with Crippen LogP contribution in [-0.4, -0.2) is 29.0 Å². The van der Waals surface area contributed by atoms with E-state index in [1.54, 1.807) is 0 Å². The summed E-state index contributed by atoms with van der Waals surface area (Å²) in [6, 6.07) is 5.55. The number of aliphatic hydroxyl groups excluding tert-OH is 2. The molecule has 0 aliphatic heterocycles. The minimum Gasteiger partial charge on any atom is -0.399 e. The average molecular weight is 224 g/mol. The van der Waals surface area contributed by atoms with E-state index in [0.29, 0.717) is 12.1 Å². The summed E-state index contributed by atoms with van der Waals surface area (Å²) in [6.45, 7) is 3.64. The van der Waals surface area contributed by atoms with Crippen molar-refractivity contribution in [3.8, 4) is 0 Å². The molecule has 0 heterocycles. The Morgan fingerprint density at radius 1 is 1.31 bits per heavy atom. The summed E-state index contributed by atoms with van der Waals surface area (Å²) in [5.41, 5.74) is 7.57. The zero-order valence-corrected chi connectivity index (χ0v) is 9.83. The molecular weight excluding hydrogens is 204 g/mol. The van der Waals surface area contributed by atoms with Gasteiger partial charge in [0.15, 0.2) is 0 Å². The van der Waals surface area contributed by atoms with Gasteiger partial charge in [0.1, 0.15) is 0 Å². The van der Waals surface area contributed by atoms with Crippen LogP contribution in [0.15, 0.2) is 18.2 Å². The highest BCUT2D eigenvalue weighted by atomic mass is 16.3. The van der Waals surface area contributed by atoms with Gasteiger partial charge in [0.25, 0.3) is 0 Å². The summed E-state index contributed by atoms with van der Waals surface area (Å²) in [5.74, 6) is 0. The first-order valence-corrected chi connectivity index (χ1v) is 5.43. The summed E-state index contributed by atoms with van der Waals surface area (Å²) in [6.07, 6.45) is 0.633. The summed E-state index contributed by atoms with van der Waals surface area (Å²) in [4.78, 5) is 0. The molecule has 0 saturated heterocycles. The molecule has 1 aromatic rings. The van der Waals surface area contributed by atoms with Crippen molar-refractivity contribution in [3.05, 3.63) is 23.8 Å². The fourth-order valence-corrected chi connectivity index (χ4v) is 1.50. The standard InChI is InChI=1S/C12H20N2O2/c1-3-12(7-15,8-16)14-11-6-10(13)5-4-9(11)2/h4-6,14-16H,3,7-8,13H2,1-2H3. The normalized spacial score (nSPS) is 11.5. The smallest absolute Gasteiger partial charge is 0.0832 e. The van der Waals surface area contributed by atoms with Gasteiger partial charge in [0.05, 0.1) is 18.8 Å². The van der Waals surface area contributed by atoms with Crippen LogP contribution in [0.1, 0.15) is 18.9 Å². The molecule has 0 radical (unpaired) electrons. The quantitative estimate of drug-likeness (QED) is 0.565. The van der Waals surface area contributed by atoms with Crippen LogP contribution in [0, 0.1) is 6.92 Å². The highest BCUT2D eigenvalue weighted by Crippen LogP contribution is 2.23. The monoisotopic (exact) mass is 224 g/mol. The minimum atomic E-state index is -0.682. The molecule has 1 rings (SSSR count). The van der Waals surface area contributed by atoms with E-state index in [1.165, 1.54) is 0 Å². The van der Waals surface area contributed by atoms with Crippen molar-refractivity contribution in [1.29, 1.82) is 0 Å². The lowest BCUT2D eigenvalue weighted by Gasteiger charge is -2.31. The fourth-order valence-electron chi connectivity index (χ4n) is 1.50.